The summed E-state index contributed by atoms with van der Waals surface area (Å²) < 4.78 is 0. The summed E-state index contributed by atoms with van der Waals surface area (Å²) in [5, 5.41) is 29.0. The second-order valence-corrected chi connectivity index (χ2v) is 5.83. The average molecular weight is 324 g/mol. The second-order valence-electron chi connectivity index (χ2n) is 5.83. The maximum absolute atomic E-state index is 10.1. The van der Waals surface area contributed by atoms with Gasteiger partial charge in [0, 0.05) is 6.07 Å². The molecule has 0 aliphatic rings. The van der Waals surface area contributed by atoms with E-state index in [-0.39, 0.29) is 11.5 Å². The molecular weight excluding hydrogens is 300 g/mol. The van der Waals surface area contributed by atoms with Crippen molar-refractivity contribution in [2.75, 3.05) is 0 Å². The van der Waals surface area contributed by atoms with Crippen molar-refractivity contribution in [1.82, 2.24) is 0 Å². The van der Waals surface area contributed by atoms with Crippen LogP contribution in [0.3, 0.4) is 0 Å². The lowest BCUT2D eigenvalue weighted by molar-refractivity contribution is 0.450. The van der Waals surface area contributed by atoms with Crippen molar-refractivity contribution in [2.45, 2.75) is 32.6 Å². The van der Waals surface area contributed by atoms with Crippen LogP contribution in [0.1, 0.15) is 49.3 Å². The van der Waals surface area contributed by atoms with E-state index in [4.69, 9.17) is 0 Å². The van der Waals surface area contributed by atoms with Crippen LogP contribution in [0.2, 0.25) is 0 Å². The van der Waals surface area contributed by atoms with Gasteiger partial charge in [0.2, 0.25) is 0 Å². The van der Waals surface area contributed by atoms with Gasteiger partial charge in [-0.15, -0.1) is 0 Å². The summed E-state index contributed by atoms with van der Waals surface area (Å²) in [6, 6.07) is 10.1. The van der Waals surface area contributed by atoms with Gasteiger partial charge in [-0.25, -0.2) is 0 Å². The Morgan fingerprint density at radius 2 is 1.38 bits per heavy atom. The van der Waals surface area contributed by atoms with E-state index in [9.17, 15) is 15.3 Å². The molecule has 0 heterocycles. The summed E-state index contributed by atoms with van der Waals surface area (Å²) in [6.07, 6.45) is 9.50. The first kappa shape index (κ1) is 17.7. The SMILES string of the molecule is CCC(CC)c1cc(/C=C/C=C/c2cc(O)cc(O)c2)ccc1O. The third-order valence-corrected chi connectivity index (χ3v) is 4.09. The van der Waals surface area contributed by atoms with Gasteiger partial charge < -0.3 is 15.3 Å². The van der Waals surface area contributed by atoms with Crippen molar-refractivity contribution >= 4 is 12.2 Å². The minimum atomic E-state index is 0.0342. The summed E-state index contributed by atoms with van der Waals surface area (Å²) in [7, 11) is 0. The zero-order valence-corrected chi connectivity index (χ0v) is 14.1. The van der Waals surface area contributed by atoms with Crippen LogP contribution in [-0.2, 0) is 0 Å². The molecule has 0 unspecified atom stereocenters. The second kappa shape index (κ2) is 8.25. The van der Waals surface area contributed by atoms with Gasteiger partial charge in [0.15, 0.2) is 0 Å². The number of hydrogen-bond donors (Lipinski definition) is 3. The van der Waals surface area contributed by atoms with Crippen LogP contribution >= 0.6 is 0 Å². The first-order valence-corrected chi connectivity index (χ1v) is 8.24. The number of benzene rings is 2. The summed E-state index contributed by atoms with van der Waals surface area (Å²) in [4.78, 5) is 0. The molecule has 126 valence electrons. The molecule has 0 aromatic heterocycles. The summed E-state index contributed by atoms with van der Waals surface area (Å²) in [6.45, 7) is 4.26. The summed E-state index contributed by atoms with van der Waals surface area (Å²) >= 11 is 0. The van der Waals surface area contributed by atoms with E-state index in [0.29, 0.717) is 11.7 Å². The molecule has 3 N–H and O–H groups in total. The number of hydrogen-bond acceptors (Lipinski definition) is 3. The molecule has 0 aliphatic heterocycles. The van der Waals surface area contributed by atoms with Crippen molar-refractivity contribution in [3.63, 3.8) is 0 Å². The number of phenolic OH excluding ortho intramolecular Hbond substituents is 3. The summed E-state index contributed by atoms with van der Waals surface area (Å²) in [5.41, 5.74) is 2.74. The van der Waals surface area contributed by atoms with Crippen LogP contribution in [0.4, 0.5) is 0 Å². The lowest BCUT2D eigenvalue weighted by atomic mass is 9.92. The van der Waals surface area contributed by atoms with Gasteiger partial charge in [0.25, 0.3) is 0 Å². The van der Waals surface area contributed by atoms with Crippen molar-refractivity contribution < 1.29 is 15.3 Å². The lowest BCUT2D eigenvalue weighted by Gasteiger charge is -2.15. The Kier molecular flexibility index (Phi) is 6.07. The number of rotatable bonds is 6. The van der Waals surface area contributed by atoms with E-state index < -0.39 is 0 Å². The smallest absolute Gasteiger partial charge is 0.119 e. The highest BCUT2D eigenvalue weighted by molar-refractivity contribution is 5.60. The summed E-state index contributed by atoms with van der Waals surface area (Å²) in [5.74, 6) is 0.787. The van der Waals surface area contributed by atoms with Crippen molar-refractivity contribution in [3.8, 4) is 17.2 Å². The third kappa shape index (κ3) is 4.66. The highest BCUT2D eigenvalue weighted by Gasteiger charge is 2.11. The van der Waals surface area contributed by atoms with E-state index in [2.05, 4.69) is 13.8 Å². The molecule has 2 aromatic rings. The third-order valence-electron chi connectivity index (χ3n) is 4.09. The maximum atomic E-state index is 10.1. The predicted octanol–water partition coefficient (Wildman–Crippen LogP) is 5.43. The molecule has 24 heavy (non-hydrogen) atoms. The zero-order valence-electron chi connectivity index (χ0n) is 14.1. The largest absolute Gasteiger partial charge is 0.508 e. The highest BCUT2D eigenvalue weighted by Crippen LogP contribution is 2.31. The van der Waals surface area contributed by atoms with Crippen LogP contribution in [-0.4, -0.2) is 15.3 Å². The molecule has 3 heteroatoms. The Labute approximate surface area is 143 Å². The first-order valence-electron chi connectivity index (χ1n) is 8.24. The van der Waals surface area contributed by atoms with Crippen molar-refractivity contribution in [3.05, 3.63) is 65.2 Å². The van der Waals surface area contributed by atoms with E-state index in [0.717, 1.165) is 29.5 Å². The molecule has 0 atom stereocenters. The number of allylic oxidation sites excluding steroid dienone is 2. The Bertz CT molecular complexity index is 720. The maximum Gasteiger partial charge on any atom is 0.119 e. The predicted molar refractivity (Wildman–Crippen MR) is 99.3 cm³/mol. The molecule has 0 spiro atoms. The van der Waals surface area contributed by atoms with Gasteiger partial charge in [-0.2, -0.15) is 0 Å². The van der Waals surface area contributed by atoms with E-state index >= 15 is 0 Å². The van der Waals surface area contributed by atoms with Crippen LogP contribution in [0.5, 0.6) is 17.2 Å². The van der Waals surface area contributed by atoms with Gasteiger partial charge in [-0.05, 0) is 59.7 Å². The molecule has 0 fully saturated rings. The monoisotopic (exact) mass is 324 g/mol. The molecule has 3 nitrogen and oxygen atoms in total. The van der Waals surface area contributed by atoms with Gasteiger partial charge in [-0.1, -0.05) is 44.2 Å². The van der Waals surface area contributed by atoms with Crippen LogP contribution in [0.25, 0.3) is 12.2 Å². The van der Waals surface area contributed by atoms with E-state index in [1.54, 1.807) is 24.3 Å². The average Bonchev–Trinajstić information content (AvgIpc) is 2.54. The molecule has 0 amide bonds. The Morgan fingerprint density at radius 1 is 0.792 bits per heavy atom. The number of phenols is 3. The molecule has 0 saturated heterocycles. The molecule has 0 bridgehead atoms. The van der Waals surface area contributed by atoms with Crippen molar-refractivity contribution in [2.24, 2.45) is 0 Å². The molecule has 2 aromatic carbocycles. The van der Waals surface area contributed by atoms with Gasteiger partial charge >= 0.3 is 0 Å². The normalized spacial score (nSPS) is 11.8. The highest BCUT2D eigenvalue weighted by atomic mass is 16.3. The van der Waals surface area contributed by atoms with Gasteiger partial charge in [-0.3, -0.25) is 0 Å². The van der Waals surface area contributed by atoms with Crippen LogP contribution < -0.4 is 0 Å². The van der Waals surface area contributed by atoms with Crippen molar-refractivity contribution in [1.29, 1.82) is 0 Å². The fourth-order valence-corrected chi connectivity index (χ4v) is 2.78. The molecule has 0 saturated carbocycles. The van der Waals surface area contributed by atoms with Crippen LogP contribution in [0, 0.1) is 0 Å². The quantitative estimate of drug-likeness (QED) is 0.621. The van der Waals surface area contributed by atoms with Gasteiger partial charge in [0.1, 0.15) is 17.2 Å². The van der Waals surface area contributed by atoms with E-state index in [1.165, 1.54) is 6.07 Å². The standard InChI is InChI=1S/C21H24O3/c1-3-17(4-2)20-13-15(9-10-21(20)24)7-5-6-8-16-11-18(22)14-19(23)12-16/h5-14,17,22-24H,3-4H2,1-2H3/b7-5+,8-6+. The zero-order chi connectivity index (χ0) is 17.5. The molecular formula is C21H24O3. The fourth-order valence-electron chi connectivity index (χ4n) is 2.78. The van der Waals surface area contributed by atoms with E-state index in [1.807, 2.05) is 30.4 Å². The Hall–Kier alpha value is -2.68. The minimum absolute atomic E-state index is 0.0342. The Balaban J connectivity index is 2.14. The molecule has 2 rings (SSSR count). The lowest BCUT2D eigenvalue weighted by Crippen LogP contribution is -1.96. The number of aromatic hydroxyl groups is 3. The van der Waals surface area contributed by atoms with Crippen LogP contribution in [0.15, 0.2) is 48.6 Å². The van der Waals surface area contributed by atoms with Gasteiger partial charge in [0.05, 0.1) is 0 Å². The fraction of sp³-hybridized carbons (Fsp3) is 0.238. The topological polar surface area (TPSA) is 60.7 Å². The molecule has 0 aliphatic carbocycles. The molecule has 0 radical (unpaired) electrons. The minimum Gasteiger partial charge on any atom is -0.508 e. The first-order chi connectivity index (χ1) is 11.5. The Morgan fingerprint density at radius 3 is 1.96 bits per heavy atom.